The molecular weight excluding hydrogens is 154 g/mol. The number of rotatable bonds is 5. The molecule has 0 rings (SSSR count). The highest BCUT2D eigenvalue weighted by Gasteiger charge is 2.03. The molecule has 3 heteroatoms. The second-order valence-corrected chi connectivity index (χ2v) is 3.09. The first-order valence-electron chi connectivity index (χ1n) is 4.17. The first kappa shape index (κ1) is 11.2. The van der Waals surface area contributed by atoms with Gasteiger partial charge in [-0.05, 0) is 12.3 Å². The molecule has 0 bridgehead atoms. The van der Waals surface area contributed by atoms with Gasteiger partial charge in [-0.1, -0.05) is 27.4 Å². The molecule has 70 valence electrons. The Morgan fingerprint density at radius 3 is 2.58 bits per heavy atom. The fourth-order valence-electron chi connectivity index (χ4n) is 0.507. The number of carbonyl (C=O) groups excluding carboxylic acids is 1. The smallest absolute Gasteiger partial charge is 0.270 e. The molecule has 0 aromatic heterocycles. The van der Waals surface area contributed by atoms with Crippen LogP contribution in [0.5, 0.6) is 0 Å². The van der Waals surface area contributed by atoms with E-state index in [1.165, 1.54) is 0 Å². The zero-order valence-corrected chi connectivity index (χ0v) is 8.02. The third kappa shape index (κ3) is 4.91. The zero-order chi connectivity index (χ0) is 9.56. The van der Waals surface area contributed by atoms with Crippen molar-refractivity contribution in [2.45, 2.75) is 27.2 Å². The molecule has 0 atom stereocenters. The molecule has 12 heavy (non-hydrogen) atoms. The predicted octanol–water partition coefficient (Wildman–Crippen LogP) is 1.66. The van der Waals surface area contributed by atoms with Crippen molar-refractivity contribution in [1.82, 2.24) is 5.48 Å². The van der Waals surface area contributed by atoms with E-state index in [-0.39, 0.29) is 5.91 Å². The Labute approximate surface area is 73.7 Å². The van der Waals surface area contributed by atoms with Crippen molar-refractivity contribution in [2.75, 3.05) is 6.61 Å². The van der Waals surface area contributed by atoms with Gasteiger partial charge in [0.2, 0.25) is 0 Å². The number of nitrogens with one attached hydrogen (secondary N) is 1. The van der Waals surface area contributed by atoms with Gasteiger partial charge < -0.3 is 0 Å². The van der Waals surface area contributed by atoms with Crippen molar-refractivity contribution in [3.8, 4) is 0 Å². The largest absolute Gasteiger partial charge is 0.273 e. The average Bonchev–Trinajstić information content (AvgIpc) is 2.02. The minimum absolute atomic E-state index is 0.224. The first-order valence-corrected chi connectivity index (χ1v) is 4.17. The number of carbonyl (C=O) groups is 1. The molecule has 0 aromatic carbocycles. The monoisotopic (exact) mass is 171 g/mol. The van der Waals surface area contributed by atoms with Gasteiger partial charge >= 0.3 is 0 Å². The van der Waals surface area contributed by atoms with Crippen LogP contribution in [0.25, 0.3) is 0 Å². The van der Waals surface area contributed by atoms with Crippen LogP contribution in [0.15, 0.2) is 12.2 Å². The van der Waals surface area contributed by atoms with Gasteiger partial charge in [0.15, 0.2) is 0 Å². The Bertz CT molecular complexity index is 164. The van der Waals surface area contributed by atoms with Crippen LogP contribution in [-0.4, -0.2) is 12.5 Å². The summed E-state index contributed by atoms with van der Waals surface area (Å²) in [6.07, 6.45) is 0.650. The molecule has 0 aliphatic rings. The molecule has 0 saturated heterocycles. The van der Waals surface area contributed by atoms with Crippen molar-refractivity contribution in [1.29, 1.82) is 0 Å². The van der Waals surface area contributed by atoms with Gasteiger partial charge in [0.05, 0.1) is 6.61 Å². The van der Waals surface area contributed by atoms with Gasteiger partial charge in [0.25, 0.3) is 5.91 Å². The lowest BCUT2D eigenvalue weighted by Crippen LogP contribution is -2.26. The average molecular weight is 171 g/mol. The fourth-order valence-corrected chi connectivity index (χ4v) is 0.507. The van der Waals surface area contributed by atoms with Gasteiger partial charge in [-0.25, -0.2) is 5.48 Å². The Morgan fingerprint density at radius 2 is 2.17 bits per heavy atom. The lowest BCUT2D eigenvalue weighted by molar-refractivity contribution is -0.130. The highest BCUT2D eigenvalue weighted by molar-refractivity contribution is 5.91. The number of hydrogen-bond donors (Lipinski definition) is 1. The van der Waals surface area contributed by atoms with Crippen LogP contribution >= 0.6 is 0 Å². The third-order valence-corrected chi connectivity index (χ3v) is 1.33. The van der Waals surface area contributed by atoms with Crippen molar-refractivity contribution in [3.63, 3.8) is 0 Å². The van der Waals surface area contributed by atoms with E-state index in [0.29, 0.717) is 24.5 Å². The Morgan fingerprint density at radius 1 is 1.58 bits per heavy atom. The van der Waals surface area contributed by atoms with Crippen LogP contribution in [0.3, 0.4) is 0 Å². The molecule has 0 saturated carbocycles. The van der Waals surface area contributed by atoms with E-state index in [0.717, 1.165) is 0 Å². The quantitative estimate of drug-likeness (QED) is 0.504. The molecular formula is C9H17NO2. The van der Waals surface area contributed by atoms with E-state index >= 15 is 0 Å². The van der Waals surface area contributed by atoms with E-state index < -0.39 is 0 Å². The van der Waals surface area contributed by atoms with Gasteiger partial charge in [0, 0.05) is 5.57 Å². The van der Waals surface area contributed by atoms with E-state index in [4.69, 9.17) is 4.84 Å². The molecule has 0 aliphatic heterocycles. The van der Waals surface area contributed by atoms with Gasteiger partial charge in [-0.3, -0.25) is 9.63 Å². The second-order valence-electron chi connectivity index (χ2n) is 3.09. The van der Waals surface area contributed by atoms with Crippen molar-refractivity contribution in [2.24, 2.45) is 5.92 Å². The van der Waals surface area contributed by atoms with Crippen molar-refractivity contribution >= 4 is 5.91 Å². The van der Waals surface area contributed by atoms with Crippen molar-refractivity contribution < 1.29 is 9.63 Å². The van der Waals surface area contributed by atoms with E-state index in [9.17, 15) is 4.79 Å². The molecule has 0 aromatic rings. The SMILES string of the molecule is C=C(CC)C(=O)NOCC(C)C. The molecule has 0 spiro atoms. The summed E-state index contributed by atoms with van der Waals surface area (Å²) in [5.74, 6) is 0.193. The number of hydroxylamine groups is 1. The third-order valence-electron chi connectivity index (χ3n) is 1.33. The van der Waals surface area contributed by atoms with E-state index in [2.05, 4.69) is 12.1 Å². The topological polar surface area (TPSA) is 38.3 Å². The van der Waals surface area contributed by atoms with E-state index in [1.807, 2.05) is 20.8 Å². The molecule has 1 amide bonds. The molecule has 0 radical (unpaired) electrons. The van der Waals surface area contributed by atoms with Crippen LogP contribution in [-0.2, 0) is 9.63 Å². The van der Waals surface area contributed by atoms with Crippen molar-refractivity contribution in [3.05, 3.63) is 12.2 Å². The van der Waals surface area contributed by atoms with Gasteiger partial charge in [-0.15, -0.1) is 0 Å². The maximum atomic E-state index is 11.0. The molecule has 0 fully saturated rings. The Kier molecular flexibility index (Phi) is 5.37. The second kappa shape index (κ2) is 5.77. The van der Waals surface area contributed by atoms with Crippen LogP contribution < -0.4 is 5.48 Å². The summed E-state index contributed by atoms with van der Waals surface area (Å²) in [5, 5.41) is 0. The van der Waals surface area contributed by atoms with Crippen LogP contribution in [0.4, 0.5) is 0 Å². The zero-order valence-electron chi connectivity index (χ0n) is 8.02. The summed E-state index contributed by atoms with van der Waals surface area (Å²) in [4.78, 5) is 15.9. The molecule has 3 nitrogen and oxygen atoms in total. The van der Waals surface area contributed by atoms with Crippen LogP contribution in [0.1, 0.15) is 27.2 Å². The fraction of sp³-hybridized carbons (Fsp3) is 0.667. The van der Waals surface area contributed by atoms with Crippen LogP contribution in [0, 0.1) is 5.92 Å². The van der Waals surface area contributed by atoms with Crippen LogP contribution in [0.2, 0.25) is 0 Å². The number of hydrogen-bond acceptors (Lipinski definition) is 2. The van der Waals surface area contributed by atoms with Gasteiger partial charge in [-0.2, -0.15) is 0 Å². The lowest BCUT2D eigenvalue weighted by Gasteiger charge is -2.07. The van der Waals surface area contributed by atoms with E-state index in [1.54, 1.807) is 0 Å². The summed E-state index contributed by atoms with van der Waals surface area (Å²) >= 11 is 0. The van der Waals surface area contributed by atoms with Gasteiger partial charge in [0.1, 0.15) is 0 Å². The maximum absolute atomic E-state index is 11.0. The molecule has 0 heterocycles. The predicted molar refractivity (Wildman–Crippen MR) is 48.4 cm³/mol. The standard InChI is InChI=1S/C9H17NO2/c1-5-8(4)9(11)10-12-6-7(2)3/h7H,4-6H2,1-3H3,(H,10,11). The maximum Gasteiger partial charge on any atom is 0.270 e. The highest BCUT2D eigenvalue weighted by Crippen LogP contribution is 1.96. The molecule has 0 unspecified atom stereocenters. The Hall–Kier alpha value is -0.830. The molecule has 1 N–H and O–H groups in total. The summed E-state index contributed by atoms with van der Waals surface area (Å²) in [6.45, 7) is 10.0. The summed E-state index contributed by atoms with van der Waals surface area (Å²) in [6, 6.07) is 0. The highest BCUT2D eigenvalue weighted by atomic mass is 16.6. The number of amides is 1. The Balaban J connectivity index is 3.51. The first-order chi connectivity index (χ1) is 5.57. The minimum atomic E-state index is -0.224. The lowest BCUT2D eigenvalue weighted by atomic mass is 10.2. The minimum Gasteiger partial charge on any atom is -0.273 e. The summed E-state index contributed by atoms with van der Waals surface area (Å²) in [5.41, 5.74) is 2.87. The molecule has 0 aliphatic carbocycles. The normalized spacial score (nSPS) is 10.0. The summed E-state index contributed by atoms with van der Waals surface area (Å²) < 4.78 is 0. The summed E-state index contributed by atoms with van der Waals surface area (Å²) in [7, 11) is 0.